The molecule has 2 N–H and O–H groups in total. The molecule has 0 atom stereocenters. The molecule has 1 amide bonds. The van der Waals surface area contributed by atoms with Crippen LogP contribution in [0.2, 0.25) is 0 Å². The number of aliphatic hydroxyl groups excluding tert-OH is 1. The SMILES string of the molecule is Cc1c(Br)cccc1NC(=O)CCCO. The molecule has 0 unspecified atom stereocenters. The standard InChI is InChI=1S/C11H14BrNO2/c1-8-9(12)4-2-5-10(8)13-11(15)6-3-7-14/h2,4-5,14H,3,6-7H2,1H3,(H,13,15). The fourth-order valence-electron chi connectivity index (χ4n) is 1.20. The van der Waals surface area contributed by atoms with Crippen LogP contribution in [-0.2, 0) is 4.79 Å². The number of nitrogens with one attached hydrogen (secondary N) is 1. The average Bonchev–Trinajstić information content (AvgIpc) is 2.22. The third kappa shape index (κ3) is 3.64. The van der Waals surface area contributed by atoms with E-state index in [1.165, 1.54) is 0 Å². The first-order valence-electron chi connectivity index (χ1n) is 4.81. The summed E-state index contributed by atoms with van der Waals surface area (Å²) in [6.07, 6.45) is 0.849. The van der Waals surface area contributed by atoms with Gasteiger partial charge in [0.2, 0.25) is 5.91 Å². The minimum absolute atomic E-state index is 0.0465. The molecule has 0 aromatic heterocycles. The summed E-state index contributed by atoms with van der Waals surface area (Å²) in [5, 5.41) is 11.4. The van der Waals surface area contributed by atoms with Crippen LogP contribution >= 0.6 is 15.9 Å². The Morgan fingerprint density at radius 2 is 2.27 bits per heavy atom. The molecular weight excluding hydrogens is 258 g/mol. The zero-order valence-corrected chi connectivity index (χ0v) is 10.2. The molecule has 1 aromatic rings. The Kier molecular flexibility index (Phi) is 4.78. The van der Waals surface area contributed by atoms with Crippen LogP contribution in [0.3, 0.4) is 0 Å². The average molecular weight is 272 g/mol. The lowest BCUT2D eigenvalue weighted by atomic mass is 10.2. The number of hydrogen-bond acceptors (Lipinski definition) is 2. The lowest BCUT2D eigenvalue weighted by molar-refractivity contribution is -0.116. The van der Waals surface area contributed by atoms with E-state index in [1.54, 1.807) is 0 Å². The Labute approximate surface area is 97.6 Å². The van der Waals surface area contributed by atoms with Gasteiger partial charge in [0, 0.05) is 23.2 Å². The molecule has 3 nitrogen and oxygen atoms in total. The Morgan fingerprint density at radius 3 is 2.93 bits per heavy atom. The molecule has 0 aliphatic carbocycles. The Bertz CT molecular complexity index is 352. The van der Waals surface area contributed by atoms with Gasteiger partial charge in [-0.3, -0.25) is 4.79 Å². The van der Waals surface area contributed by atoms with E-state index in [0.717, 1.165) is 15.7 Å². The van der Waals surface area contributed by atoms with Crippen molar-refractivity contribution in [3.63, 3.8) is 0 Å². The molecule has 0 fully saturated rings. The van der Waals surface area contributed by atoms with Crippen molar-refractivity contribution in [3.8, 4) is 0 Å². The number of rotatable bonds is 4. The lowest BCUT2D eigenvalue weighted by Crippen LogP contribution is -2.12. The van der Waals surface area contributed by atoms with Gasteiger partial charge < -0.3 is 10.4 Å². The van der Waals surface area contributed by atoms with Gasteiger partial charge in [0.05, 0.1) is 0 Å². The molecule has 0 aliphatic heterocycles. The third-order valence-corrected chi connectivity index (χ3v) is 2.96. The van der Waals surface area contributed by atoms with Crippen molar-refractivity contribution in [1.82, 2.24) is 0 Å². The number of carbonyl (C=O) groups excluding carboxylic acids is 1. The maximum absolute atomic E-state index is 11.4. The molecule has 0 heterocycles. The summed E-state index contributed by atoms with van der Waals surface area (Å²) in [4.78, 5) is 11.4. The molecule has 15 heavy (non-hydrogen) atoms. The third-order valence-electron chi connectivity index (χ3n) is 2.10. The van der Waals surface area contributed by atoms with Crippen LogP contribution in [0.25, 0.3) is 0 Å². The van der Waals surface area contributed by atoms with Gasteiger partial charge in [-0.05, 0) is 31.0 Å². The predicted molar refractivity (Wildman–Crippen MR) is 63.8 cm³/mol. The van der Waals surface area contributed by atoms with Gasteiger partial charge in [-0.1, -0.05) is 22.0 Å². The van der Waals surface area contributed by atoms with E-state index < -0.39 is 0 Å². The topological polar surface area (TPSA) is 49.3 Å². The summed E-state index contributed by atoms with van der Waals surface area (Å²) in [6.45, 7) is 1.98. The van der Waals surface area contributed by atoms with Gasteiger partial charge in [-0.15, -0.1) is 0 Å². The van der Waals surface area contributed by atoms with Crippen LogP contribution < -0.4 is 5.32 Å². The number of aliphatic hydroxyl groups is 1. The lowest BCUT2D eigenvalue weighted by Gasteiger charge is -2.08. The minimum Gasteiger partial charge on any atom is -0.396 e. The zero-order valence-electron chi connectivity index (χ0n) is 8.59. The van der Waals surface area contributed by atoms with E-state index >= 15 is 0 Å². The molecular formula is C11H14BrNO2. The highest BCUT2D eigenvalue weighted by Crippen LogP contribution is 2.23. The molecule has 1 aromatic carbocycles. The van der Waals surface area contributed by atoms with Crippen molar-refractivity contribution in [2.45, 2.75) is 19.8 Å². The highest BCUT2D eigenvalue weighted by atomic mass is 79.9. The summed E-state index contributed by atoms with van der Waals surface area (Å²) in [5.74, 6) is -0.0646. The van der Waals surface area contributed by atoms with Crippen molar-refractivity contribution < 1.29 is 9.90 Å². The highest BCUT2D eigenvalue weighted by Gasteiger charge is 2.05. The fourth-order valence-corrected chi connectivity index (χ4v) is 1.56. The van der Waals surface area contributed by atoms with Gasteiger partial charge in [0.25, 0.3) is 0 Å². The van der Waals surface area contributed by atoms with Crippen LogP contribution in [-0.4, -0.2) is 17.6 Å². The van der Waals surface area contributed by atoms with Crippen molar-refractivity contribution in [2.24, 2.45) is 0 Å². The first-order valence-corrected chi connectivity index (χ1v) is 5.60. The van der Waals surface area contributed by atoms with Crippen molar-refractivity contribution >= 4 is 27.5 Å². The number of benzene rings is 1. The number of amides is 1. The summed E-state index contributed by atoms with van der Waals surface area (Å²) in [6, 6.07) is 5.66. The van der Waals surface area contributed by atoms with E-state index in [2.05, 4.69) is 21.2 Å². The number of anilines is 1. The van der Waals surface area contributed by atoms with E-state index in [4.69, 9.17) is 5.11 Å². The molecule has 0 saturated heterocycles. The molecule has 0 saturated carbocycles. The van der Waals surface area contributed by atoms with Crippen LogP contribution in [0.4, 0.5) is 5.69 Å². The first kappa shape index (κ1) is 12.2. The maximum Gasteiger partial charge on any atom is 0.224 e. The second-order valence-corrected chi connectivity index (χ2v) is 4.14. The summed E-state index contributed by atoms with van der Waals surface area (Å²) in [5.41, 5.74) is 1.82. The van der Waals surface area contributed by atoms with Crippen LogP contribution in [0.1, 0.15) is 18.4 Å². The fraction of sp³-hybridized carbons (Fsp3) is 0.364. The monoisotopic (exact) mass is 271 g/mol. The predicted octanol–water partition coefficient (Wildman–Crippen LogP) is 2.47. The molecule has 82 valence electrons. The van der Waals surface area contributed by atoms with Gasteiger partial charge in [0.15, 0.2) is 0 Å². The molecule has 0 spiro atoms. The van der Waals surface area contributed by atoms with Crippen molar-refractivity contribution in [3.05, 3.63) is 28.2 Å². The van der Waals surface area contributed by atoms with E-state index in [9.17, 15) is 4.79 Å². The minimum atomic E-state index is -0.0646. The van der Waals surface area contributed by atoms with Crippen molar-refractivity contribution in [1.29, 1.82) is 0 Å². The Balaban J connectivity index is 2.64. The molecule has 0 bridgehead atoms. The first-order chi connectivity index (χ1) is 7.15. The number of halogens is 1. The van der Waals surface area contributed by atoms with Crippen molar-refractivity contribution in [2.75, 3.05) is 11.9 Å². The summed E-state index contributed by atoms with van der Waals surface area (Å²) < 4.78 is 0.974. The van der Waals surface area contributed by atoms with Gasteiger partial charge >= 0.3 is 0 Å². The quantitative estimate of drug-likeness (QED) is 0.884. The molecule has 4 heteroatoms. The normalized spacial score (nSPS) is 10.1. The van der Waals surface area contributed by atoms with Crippen LogP contribution in [0.15, 0.2) is 22.7 Å². The molecule has 0 radical (unpaired) electrons. The molecule has 0 aliphatic rings. The Morgan fingerprint density at radius 1 is 1.53 bits per heavy atom. The van der Waals surface area contributed by atoms with Gasteiger partial charge in [0.1, 0.15) is 0 Å². The smallest absolute Gasteiger partial charge is 0.224 e. The number of carbonyl (C=O) groups is 1. The molecule has 1 rings (SSSR count). The summed E-state index contributed by atoms with van der Waals surface area (Å²) in [7, 11) is 0. The van der Waals surface area contributed by atoms with Crippen LogP contribution in [0.5, 0.6) is 0 Å². The van der Waals surface area contributed by atoms with Gasteiger partial charge in [-0.25, -0.2) is 0 Å². The Hall–Kier alpha value is -0.870. The van der Waals surface area contributed by atoms with Gasteiger partial charge in [-0.2, -0.15) is 0 Å². The zero-order chi connectivity index (χ0) is 11.3. The van der Waals surface area contributed by atoms with E-state index in [0.29, 0.717) is 12.8 Å². The second-order valence-electron chi connectivity index (χ2n) is 3.29. The number of hydrogen-bond donors (Lipinski definition) is 2. The van der Waals surface area contributed by atoms with E-state index in [1.807, 2.05) is 25.1 Å². The summed E-state index contributed by atoms with van der Waals surface area (Å²) >= 11 is 3.40. The highest BCUT2D eigenvalue weighted by molar-refractivity contribution is 9.10. The second kappa shape index (κ2) is 5.88. The van der Waals surface area contributed by atoms with Crippen LogP contribution in [0, 0.1) is 6.92 Å². The van der Waals surface area contributed by atoms with E-state index in [-0.39, 0.29) is 12.5 Å². The maximum atomic E-state index is 11.4. The largest absolute Gasteiger partial charge is 0.396 e.